The highest BCUT2D eigenvalue weighted by Gasteiger charge is 2.47. The van der Waals surface area contributed by atoms with Gasteiger partial charge in [0.1, 0.15) is 24.7 Å². The lowest BCUT2D eigenvalue weighted by Crippen LogP contribution is -2.36. The summed E-state index contributed by atoms with van der Waals surface area (Å²) in [6, 6.07) is 11.5. The van der Waals surface area contributed by atoms with Crippen molar-refractivity contribution >= 4 is 17.4 Å². The number of likely N-dealkylation sites (tertiary alicyclic amines) is 1. The molecule has 0 radical (unpaired) electrons. The number of rotatable bonds is 6. The average Bonchev–Trinajstić information content (AvgIpc) is 3.46. The fourth-order valence-electron chi connectivity index (χ4n) is 4.68. The van der Waals surface area contributed by atoms with Crippen LogP contribution >= 0.6 is 0 Å². The summed E-state index contributed by atoms with van der Waals surface area (Å²) in [4.78, 5) is 27.9. The Kier molecular flexibility index (Phi) is 6.15. The summed E-state index contributed by atoms with van der Waals surface area (Å²) in [5.74, 6) is 0.141. The molecular formula is C26H27NO7. The van der Waals surface area contributed by atoms with Gasteiger partial charge in [0.2, 0.25) is 0 Å². The van der Waals surface area contributed by atoms with Gasteiger partial charge in [0.05, 0.1) is 24.3 Å². The first-order chi connectivity index (χ1) is 16.6. The molecule has 0 saturated carbocycles. The number of ketones is 1. The summed E-state index contributed by atoms with van der Waals surface area (Å²) in [5, 5.41) is 11.3. The van der Waals surface area contributed by atoms with Crippen LogP contribution < -0.4 is 14.2 Å². The molecule has 2 aromatic rings. The predicted molar refractivity (Wildman–Crippen MR) is 123 cm³/mol. The number of amides is 1. The van der Waals surface area contributed by atoms with Crippen LogP contribution in [-0.4, -0.2) is 60.8 Å². The number of benzene rings is 2. The topological polar surface area (TPSA) is 94.5 Å². The van der Waals surface area contributed by atoms with Crippen molar-refractivity contribution in [2.24, 2.45) is 0 Å². The molecule has 0 aromatic heterocycles. The van der Waals surface area contributed by atoms with Gasteiger partial charge in [0.15, 0.2) is 11.5 Å². The zero-order valence-electron chi connectivity index (χ0n) is 19.0. The first-order valence-corrected chi connectivity index (χ1v) is 11.6. The molecule has 3 aliphatic rings. The fraction of sp³-hybridized carbons (Fsp3) is 0.385. The van der Waals surface area contributed by atoms with Gasteiger partial charge >= 0.3 is 0 Å². The standard InChI is InChI=1S/C26H27NO7/c1-2-31-18-8-5-16(6-9-18)23-22(25(29)26(30)27(23)15-19-4-3-11-32-19)24(28)17-7-10-20-21(14-17)34-13-12-33-20/h5-10,14,19,23,28H,2-4,11-13,15H2,1H3. The Balaban J connectivity index is 1.58. The second-order valence-corrected chi connectivity index (χ2v) is 8.45. The smallest absolute Gasteiger partial charge is 0.295 e. The van der Waals surface area contributed by atoms with Gasteiger partial charge in [-0.15, -0.1) is 0 Å². The molecule has 1 amide bonds. The Morgan fingerprint density at radius 2 is 1.82 bits per heavy atom. The highest BCUT2D eigenvalue weighted by molar-refractivity contribution is 6.46. The number of aliphatic hydroxyl groups is 1. The van der Waals surface area contributed by atoms with Crippen molar-refractivity contribution in [3.05, 3.63) is 59.2 Å². The van der Waals surface area contributed by atoms with Gasteiger partial charge in [-0.25, -0.2) is 0 Å². The zero-order valence-corrected chi connectivity index (χ0v) is 19.0. The number of ether oxygens (including phenoxy) is 4. The maximum absolute atomic E-state index is 13.2. The highest BCUT2D eigenvalue weighted by atomic mass is 16.6. The summed E-state index contributed by atoms with van der Waals surface area (Å²) in [6.07, 6.45) is 1.60. The monoisotopic (exact) mass is 465 g/mol. The van der Waals surface area contributed by atoms with Crippen molar-refractivity contribution in [1.29, 1.82) is 0 Å². The summed E-state index contributed by atoms with van der Waals surface area (Å²) >= 11 is 0. The molecule has 3 aliphatic heterocycles. The molecule has 1 N–H and O–H groups in total. The largest absolute Gasteiger partial charge is 0.507 e. The molecule has 0 spiro atoms. The van der Waals surface area contributed by atoms with Crippen LogP contribution in [0, 0.1) is 0 Å². The number of fused-ring (bicyclic) bond motifs is 1. The third-order valence-corrected chi connectivity index (χ3v) is 6.29. The summed E-state index contributed by atoms with van der Waals surface area (Å²) in [5.41, 5.74) is 1.14. The molecule has 2 atom stereocenters. The Morgan fingerprint density at radius 3 is 2.53 bits per heavy atom. The van der Waals surface area contributed by atoms with Crippen LogP contribution in [0.2, 0.25) is 0 Å². The minimum absolute atomic E-state index is 0.0452. The van der Waals surface area contributed by atoms with Crippen molar-refractivity contribution in [2.45, 2.75) is 31.9 Å². The van der Waals surface area contributed by atoms with E-state index in [-0.39, 0.29) is 24.0 Å². The van der Waals surface area contributed by atoms with Crippen molar-refractivity contribution in [3.8, 4) is 17.2 Å². The lowest BCUT2D eigenvalue weighted by molar-refractivity contribution is -0.140. The van der Waals surface area contributed by atoms with Crippen LogP contribution in [0.5, 0.6) is 17.2 Å². The molecule has 2 unspecified atom stereocenters. The van der Waals surface area contributed by atoms with Crippen molar-refractivity contribution < 1.29 is 33.6 Å². The number of hydrogen-bond acceptors (Lipinski definition) is 7. The Labute approximate surface area is 197 Å². The van der Waals surface area contributed by atoms with Crippen LogP contribution in [0.15, 0.2) is 48.0 Å². The molecule has 5 rings (SSSR count). The van der Waals surface area contributed by atoms with Crippen LogP contribution in [0.3, 0.4) is 0 Å². The molecule has 2 saturated heterocycles. The lowest BCUT2D eigenvalue weighted by atomic mass is 9.95. The molecule has 8 nitrogen and oxygen atoms in total. The lowest BCUT2D eigenvalue weighted by Gasteiger charge is -2.27. The van der Waals surface area contributed by atoms with Crippen LogP contribution in [0.1, 0.15) is 36.9 Å². The van der Waals surface area contributed by atoms with Crippen LogP contribution in [0.4, 0.5) is 0 Å². The van der Waals surface area contributed by atoms with Crippen molar-refractivity contribution in [2.75, 3.05) is 33.0 Å². The van der Waals surface area contributed by atoms with E-state index in [1.807, 2.05) is 19.1 Å². The van der Waals surface area contributed by atoms with E-state index >= 15 is 0 Å². The van der Waals surface area contributed by atoms with E-state index in [2.05, 4.69) is 0 Å². The fourth-order valence-corrected chi connectivity index (χ4v) is 4.68. The van der Waals surface area contributed by atoms with E-state index in [1.54, 1.807) is 30.3 Å². The maximum Gasteiger partial charge on any atom is 0.295 e. The van der Waals surface area contributed by atoms with Gasteiger partial charge in [-0.05, 0) is 55.7 Å². The number of carbonyl (C=O) groups excluding carboxylic acids is 2. The van der Waals surface area contributed by atoms with E-state index in [0.29, 0.717) is 54.8 Å². The van der Waals surface area contributed by atoms with Gasteiger partial charge < -0.3 is 29.0 Å². The normalized spacial score (nSPS) is 23.4. The number of aliphatic hydroxyl groups excluding tert-OH is 1. The summed E-state index contributed by atoms with van der Waals surface area (Å²) in [6.45, 7) is 4.19. The molecule has 2 fully saturated rings. The van der Waals surface area contributed by atoms with Gasteiger partial charge in [-0.3, -0.25) is 9.59 Å². The Hall–Kier alpha value is -3.52. The third-order valence-electron chi connectivity index (χ3n) is 6.29. The predicted octanol–water partition coefficient (Wildman–Crippen LogP) is 3.46. The number of nitrogens with zero attached hydrogens (tertiary/aromatic N) is 1. The Bertz CT molecular complexity index is 1120. The first kappa shape index (κ1) is 22.3. The van der Waals surface area contributed by atoms with Crippen molar-refractivity contribution in [3.63, 3.8) is 0 Å². The van der Waals surface area contributed by atoms with Gasteiger partial charge in [-0.2, -0.15) is 0 Å². The molecule has 34 heavy (non-hydrogen) atoms. The van der Waals surface area contributed by atoms with E-state index in [9.17, 15) is 14.7 Å². The van der Waals surface area contributed by atoms with Crippen LogP contribution in [0.25, 0.3) is 5.76 Å². The minimum Gasteiger partial charge on any atom is -0.507 e. The molecule has 2 aromatic carbocycles. The molecule has 0 aliphatic carbocycles. The summed E-state index contributed by atoms with van der Waals surface area (Å²) < 4.78 is 22.5. The molecule has 8 heteroatoms. The second kappa shape index (κ2) is 9.38. The zero-order chi connectivity index (χ0) is 23.7. The quantitative estimate of drug-likeness (QED) is 0.397. The van der Waals surface area contributed by atoms with E-state index < -0.39 is 17.7 Å². The minimum atomic E-state index is -0.743. The van der Waals surface area contributed by atoms with Crippen LogP contribution in [-0.2, 0) is 14.3 Å². The number of hydrogen-bond donors (Lipinski definition) is 1. The second-order valence-electron chi connectivity index (χ2n) is 8.45. The summed E-state index contributed by atoms with van der Waals surface area (Å²) in [7, 11) is 0. The van der Waals surface area contributed by atoms with E-state index in [4.69, 9.17) is 18.9 Å². The molecule has 0 bridgehead atoms. The maximum atomic E-state index is 13.2. The molecule has 178 valence electrons. The molecule has 3 heterocycles. The highest BCUT2D eigenvalue weighted by Crippen LogP contribution is 2.42. The first-order valence-electron chi connectivity index (χ1n) is 11.6. The van der Waals surface area contributed by atoms with Crippen molar-refractivity contribution in [1.82, 2.24) is 4.90 Å². The van der Waals surface area contributed by atoms with Gasteiger partial charge in [-0.1, -0.05) is 12.1 Å². The SMILES string of the molecule is CCOc1ccc(C2C(=C(O)c3ccc4c(c3)OCCO4)C(=O)C(=O)N2CC2CCCO2)cc1. The number of carbonyl (C=O) groups is 2. The average molecular weight is 466 g/mol. The Morgan fingerprint density at radius 1 is 1.06 bits per heavy atom. The van der Waals surface area contributed by atoms with E-state index in [0.717, 1.165) is 12.8 Å². The van der Waals surface area contributed by atoms with E-state index in [1.165, 1.54) is 4.90 Å². The third kappa shape index (κ3) is 4.09. The molecular weight excluding hydrogens is 438 g/mol. The number of Topliss-reactive ketones (excluding diaryl/α,β-unsaturated/α-hetero) is 1. The van der Waals surface area contributed by atoms with Gasteiger partial charge in [0, 0.05) is 18.7 Å². The van der Waals surface area contributed by atoms with Gasteiger partial charge in [0.25, 0.3) is 11.7 Å².